The van der Waals surface area contributed by atoms with Crippen molar-refractivity contribution < 1.29 is 0 Å². The molecule has 0 radical (unpaired) electrons. The van der Waals surface area contributed by atoms with Crippen LogP contribution in [0.15, 0.2) is 23.8 Å². The fraction of sp³-hybridized carbons (Fsp3) is 0.636. The molecule has 1 saturated carbocycles. The van der Waals surface area contributed by atoms with Gasteiger partial charge in [0, 0.05) is 0 Å². The fourth-order valence-corrected chi connectivity index (χ4v) is 2.38. The van der Waals surface area contributed by atoms with E-state index in [0.717, 1.165) is 5.92 Å². The second-order valence-corrected chi connectivity index (χ2v) is 3.78. The van der Waals surface area contributed by atoms with E-state index >= 15 is 0 Å². The van der Waals surface area contributed by atoms with Crippen molar-refractivity contribution >= 4 is 0 Å². The maximum atomic E-state index is 4.13. The molecular weight excluding hydrogens is 132 g/mol. The Morgan fingerprint density at radius 3 is 2.91 bits per heavy atom. The predicted molar refractivity (Wildman–Crippen MR) is 48.4 cm³/mol. The quantitative estimate of drug-likeness (QED) is 0.493. The van der Waals surface area contributed by atoms with E-state index in [4.69, 9.17) is 0 Å². The van der Waals surface area contributed by atoms with Gasteiger partial charge in [0.2, 0.25) is 0 Å². The van der Waals surface area contributed by atoms with Gasteiger partial charge in [0.25, 0.3) is 0 Å². The van der Waals surface area contributed by atoms with Gasteiger partial charge < -0.3 is 0 Å². The lowest BCUT2D eigenvalue weighted by Gasteiger charge is -2.30. The Labute approximate surface area is 69.0 Å². The Morgan fingerprint density at radius 2 is 2.09 bits per heavy atom. The van der Waals surface area contributed by atoms with E-state index in [1.165, 1.54) is 44.1 Å². The smallest absolute Gasteiger partial charge is 0.0162 e. The topological polar surface area (TPSA) is 0 Å². The largest absolute Gasteiger partial charge is 0.0956 e. The number of hydrogen-bond acceptors (Lipinski definition) is 0. The average Bonchev–Trinajstić information content (AvgIpc) is 2.06. The number of fused-ring (bicyclic) bond motifs is 1. The molecule has 0 heterocycles. The summed E-state index contributed by atoms with van der Waals surface area (Å²) in [7, 11) is 0. The van der Waals surface area contributed by atoms with Crippen molar-refractivity contribution in [2.24, 2.45) is 5.92 Å². The zero-order valence-corrected chi connectivity index (χ0v) is 7.10. The summed E-state index contributed by atoms with van der Waals surface area (Å²) in [5.74, 6) is 0.894. The molecule has 0 nitrogen and oxygen atoms in total. The van der Waals surface area contributed by atoms with E-state index < -0.39 is 0 Å². The summed E-state index contributed by atoms with van der Waals surface area (Å²) in [6.07, 6.45) is 10.6. The fourth-order valence-electron chi connectivity index (χ4n) is 2.38. The molecule has 0 heteroatoms. The van der Waals surface area contributed by atoms with Crippen LogP contribution in [-0.4, -0.2) is 0 Å². The molecule has 1 atom stereocenters. The maximum absolute atomic E-state index is 4.13. The summed E-state index contributed by atoms with van der Waals surface area (Å²) in [4.78, 5) is 0. The zero-order valence-electron chi connectivity index (χ0n) is 7.10. The first-order chi connectivity index (χ1) is 5.38. The summed E-state index contributed by atoms with van der Waals surface area (Å²) in [5, 5.41) is 0. The summed E-state index contributed by atoms with van der Waals surface area (Å²) in [6.45, 7) is 4.13. The van der Waals surface area contributed by atoms with E-state index in [1.54, 1.807) is 5.57 Å². The Morgan fingerprint density at radius 1 is 1.27 bits per heavy atom. The summed E-state index contributed by atoms with van der Waals surface area (Å²) >= 11 is 0. The molecule has 2 aliphatic carbocycles. The van der Waals surface area contributed by atoms with Gasteiger partial charge in [0.05, 0.1) is 0 Å². The molecule has 0 spiro atoms. The zero-order chi connectivity index (χ0) is 7.68. The lowest BCUT2D eigenvalue weighted by atomic mass is 9.75. The number of rotatable bonds is 0. The van der Waals surface area contributed by atoms with Gasteiger partial charge in [-0.05, 0) is 50.0 Å². The van der Waals surface area contributed by atoms with Crippen molar-refractivity contribution in [3.05, 3.63) is 23.8 Å². The molecule has 11 heavy (non-hydrogen) atoms. The first-order valence-corrected chi connectivity index (χ1v) is 4.76. The maximum Gasteiger partial charge on any atom is -0.0162 e. The average molecular weight is 148 g/mol. The Kier molecular flexibility index (Phi) is 1.85. The van der Waals surface area contributed by atoms with Crippen molar-refractivity contribution in [2.75, 3.05) is 0 Å². The summed E-state index contributed by atoms with van der Waals surface area (Å²) in [5.41, 5.74) is 3.04. The van der Waals surface area contributed by atoms with E-state index in [9.17, 15) is 0 Å². The Balaban J connectivity index is 2.21. The molecular formula is C11H16. The normalized spacial score (nSPS) is 31.1. The van der Waals surface area contributed by atoms with Crippen LogP contribution in [0.25, 0.3) is 0 Å². The summed E-state index contributed by atoms with van der Waals surface area (Å²) < 4.78 is 0. The highest BCUT2D eigenvalue weighted by atomic mass is 14.3. The van der Waals surface area contributed by atoms with Gasteiger partial charge in [0.1, 0.15) is 0 Å². The van der Waals surface area contributed by atoms with Crippen molar-refractivity contribution in [2.45, 2.75) is 38.5 Å². The third-order valence-corrected chi connectivity index (χ3v) is 3.00. The minimum Gasteiger partial charge on any atom is -0.0956 e. The van der Waals surface area contributed by atoms with Crippen molar-refractivity contribution in [1.82, 2.24) is 0 Å². The van der Waals surface area contributed by atoms with Crippen LogP contribution < -0.4 is 0 Å². The molecule has 0 aromatic rings. The van der Waals surface area contributed by atoms with Crippen molar-refractivity contribution in [3.63, 3.8) is 0 Å². The minimum atomic E-state index is 0.894. The van der Waals surface area contributed by atoms with Gasteiger partial charge >= 0.3 is 0 Å². The Bertz CT molecular complexity index is 198. The van der Waals surface area contributed by atoms with Crippen LogP contribution in [0, 0.1) is 5.92 Å². The van der Waals surface area contributed by atoms with E-state index in [2.05, 4.69) is 12.7 Å². The first kappa shape index (κ1) is 7.15. The van der Waals surface area contributed by atoms with E-state index in [1.807, 2.05) is 0 Å². The number of hydrogen-bond donors (Lipinski definition) is 0. The third kappa shape index (κ3) is 1.26. The van der Waals surface area contributed by atoms with Crippen LogP contribution in [0.2, 0.25) is 0 Å². The van der Waals surface area contributed by atoms with Gasteiger partial charge in [0.15, 0.2) is 0 Å². The van der Waals surface area contributed by atoms with E-state index in [-0.39, 0.29) is 0 Å². The lowest BCUT2D eigenvalue weighted by molar-refractivity contribution is 0.439. The SMILES string of the molecule is C=C1CCCC2CCCC=C12. The molecule has 0 N–H and O–H groups in total. The van der Waals surface area contributed by atoms with Gasteiger partial charge in [-0.3, -0.25) is 0 Å². The molecule has 1 fully saturated rings. The molecule has 0 bridgehead atoms. The monoisotopic (exact) mass is 148 g/mol. The predicted octanol–water partition coefficient (Wildman–Crippen LogP) is 3.45. The molecule has 60 valence electrons. The van der Waals surface area contributed by atoms with Gasteiger partial charge in [-0.15, -0.1) is 0 Å². The van der Waals surface area contributed by atoms with Crippen LogP contribution in [0.1, 0.15) is 38.5 Å². The molecule has 1 unspecified atom stereocenters. The Hall–Kier alpha value is -0.520. The summed E-state index contributed by atoms with van der Waals surface area (Å²) in [6, 6.07) is 0. The lowest BCUT2D eigenvalue weighted by Crippen LogP contribution is -2.14. The van der Waals surface area contributed by atoms with Crippen molar-refractivity contribution in [1.29, 1.82) is 0 Å². The molecule has 0 aromatic heterocycles. The van der Waals surface area contributed by atoms with Crippen LogP contribution in [0.4, 0.5) is 0 Å². The molecule has 2 rings (SSSR count). The molecule has 0 aliphatic heterocycles. The standard InChI is InChI=1S/C11H16/c1-9-5-4-7-10-6-2-3-8-11(9)10/h8,10H,1-7H2. The first-order valence-electron chi connectivity index (χ1n) is 4.76. The second-order valence-electron chi connectivity index (χ2n) is 3.78. The molecule has 2 aliphatic rings. The number of allylic oxidation sites excluding steroid dienone is 3. The highest BCUT2D eigenvalue weighted by molar-refractivity contribution is 5.33. The van der Waals surface area contributed by atoms with Gasteiger partial charge in [-0.25, -0.2) is 0 Å². The third-order valence-electron chi connectivity index (χ3n) is 3.00. The van der Waals surface area contributed by atoms with Crippen LogP contribution in [-0.2, 0) is 0 Å². The van der Waals surface area contributed by atoms with Crippen LogP contribution in [0.5, 0.6) is 0 Å². The van der Waals surface area contributed by atoms with Gasteiger partial charge in [-0.2, -0.15) is 0 Å². The van der Waals surface area contributed by atoms with Crippen LogP contribution >= 0.6 is 0 Å². The molecule has 0 saturated heterocycles. The van der Waals surface area contributed by atoms with Crippen LogP contribution in [0.3, 0.4) is 0 Å². The second kappa shape index (κ2) is 2.84. The molecule has 0 amide bonds. The highest BCUT2D eigenvalue weighted by Crippen LogP contribution is 2.38. The molecule has 0 aromatic carbocycles. The highest BCUT2D eigenvalue weighted by Gasteiger charge is 2.22. The van der Waals surface area contributed by atoms with E-state index in [0.29, 0.717) is 0 Å². The minimum absolute atomic E-state index is 0.894. The van der Waals surface area contributed by atoms with Crippen molar-refractivity contribution in [3.8, 4) is 0 Å². The van der Waals surface area contributed by atoms with Gasteiger partial charge in [-0.1, -0.05) is 18.2 Å².